The first-order valence-corrected chi connectivity index (χ1v) is 6.53. The molecule has 94 valence electrons. The summed E-state index contributed by atoms with van der Waals surface area (Å²) in [7, 11) is 0. The summed E-state index contributed by atoms with van der Waals surface area (Å²) in [6, 6.07) is 8.71. The number of rotatable bonds is 5. The van der Waals surface area contributed by atoms with Gasteiger partial charge >= 0.3 is 0 Å². The summed E-state index contributed by atoms with van der Waals surface area (Å²) in [4.78, 5) is 0. The van der Waals surface area contributed by atoms with Crippen LogP contribution in [-0.2, 0) is 11.2 Å². The predicted octanol–water partition coefficient (Wildman–Crippen LogP) is 2.04. The van der Waals surface area contributed by atoms with Gasteiger partial charge in [0.15, 0.2) is 0 Å². The molecule has 1 unspecified atom stereocenters. The molecule has 2 N–H and O–H groups in total. The molecule has 1 aromatic carbocycles. The summed E-state index contributed by atoms with van der Waals surface area (Å²) >= 11 is 0. The summed E-state index contributed by atoms with van der Waals surface area (Å²) in [5.41, 5.74) is 2.59. The molecule has 0 aliphatic carbocycles. The quantitative estimate of drug-likeness (QED) is 0.818. The first-order chi connectivity index (χ1) is 8.38. The fourth-order valence-electron chi connectivity index (χ4n) is 2.06. The highest BCUT2D eigenvalue weighted by atomic mass is 16.5. The lowest BCUT2D eigenvalue weighted by Crippen LogP contribution is -2.42. The van der Waals surface area contributed by atoms with Crippen LogP contribution >= 0.6 is 0 Å². The SMILES string of the molecule is CCCc1ccc(NCC2CNCCO2)cc1. The molecule has 1 atom stereocenters. The molecule has 3 heteroatoms. The number of aryl methyl sites for hydroxylation is 1. The van der Waals surface area contributed by atoms with E-state index in [0.29, 0.717) is 6.10 Å². The molecule has 1 fully saturated rings. The Balaban J connectivity index is 1.77. The lowest BCUT2D eigenvalue weighted by atomic mass is 10.1. The Kier molecular flexibility index (Phi) is 4.83. The van der Waals surface area contributed by atoms with Gasteiger partial charge in [-0.15, -0.1) is 0 Å². The number of nitrogens with one attached hydrogen (secondary N) is 2. The zero-order valence-corrected chi connectivity index (χ0v) is 10.5. The minimum absolute atomic E-state index is 0.291. The van der Waals surface area contributed by atoms with Gasteiger partial charge in [0.1, 0.15) is 0 Å². The van der Waals surface area contributed by atoms with Crippen LogP contribution in [0.3, 0.4) is 0 Å². The smallest absolute Gasteiger partial charge is 0.0872 e. The lowest BCUT2D eigenvalue weighted by Gasteiger charge is -2.24. The molecule has 1 saturated heterocycles. The Morgan fingerprint density at radius 1 is 1.35 bits per heavy atom. The van der Waals surface area contributed by atoms with E-state index in [1.165, 1.54) is 17.7 Å². The molecule has 3 nitrogen and oxygen atoms in total. The third-order valence-electron chi connectivity index (χ3n) is 3.03. The second-order valence-electron chi connectivity index (χ2n) is 4.52. The zero-order valence-electron chi connectivity index (χ0n) is 10.5. The number of morpholine rings is 1. The van der Waals surface area contributed by atoms with Crippen LogP contribution < -0.4 is 10.6 Å². The third-order valence-corrected chi connectivity index (χ3v) is 3.03. The van der Waals surface area contributed by atoms with Gasteiger partial charge in [-0.3, -0.25) is 0 Å². The predicted molar refractivity (Wildman–Crippen MR) is 71.5 cm³/mol. The Morgan fingerprint density at radius 3 is 2.82 bits per heavy atom. The third kappa shape index (κ3) is 4.02. The Labute approximate surface area is 104 Å². The topological polar surface area (TPSA) is 33.3 Å². The van der Waals surface area contributed by atoms with Crippen molar-refractivity contribution in [1.29, 1.82) is 0 Å². The van der Waals surface area contributed by atoms with Crippen molar-refractivity contribution >= 4 is 5.69 Å². The van der Waals surface area contributed by atoms with Crippen LogP contribution in [0.2, 0.25) is 0 Å². The molecule has 0 saturated carbocycles. The minimum Gasteiger partial charge on any atom is -0.382 e. The second-order valence-corrected chi connectivity index (χ2v) is 4.52. The molecular formula is C14H22N2O. The van der Waals surface area contributed by atoms with E-state index in [1.807, 2.05) is 0 Å². The van der Waals surface area contributed by atoms with Crippen LogP contribution in [0, 0.1) is 0 Å². The van der Waals surface area contributed by atoms with Gasteiger partial charge < -0.3 is 15.4 Å². The van der Waals surface area contributed by atoms with Gasteiger partial charge in [-0.25, -0.2) is 0 Å². The Morgan fingerprint density at radius 2 is 2.18 bits per heavy atom. The average Bonchev–Trinajstić information content (AvgIpc) is 2.40. The fraction of sp³-hybridized carbons (Fsp3) is 0.571. The van der Waals surface area contributed by atoms with Gasteiger partial charge in [-0.2, -0.15) is 0 Å². The van der Waals surface area contributed by atoms with Crippen molar-refractivity contribution in [3.63, 3.8) is 0 Å². The summed E-state index contributed by atoms with van der Waals surface area (Å²) in [6.45, 7) is 5.82. The normalized spacial score (nSPS) is 20.2. The summed E-state index contributed by atoms with van der Waals surface area (Å²) in [5, 5.41) is 6.75. The molecule has 2 rings (SSSR count). The van der Waals surface area contributed by atoms with Crippen LogP contribution in [0.1, 0.15) is 18.9 Å². The number of hydrogen-bond donors (Lipinski definition) is 2. The Bertz CT molecular complexity index is 317. The molecule has 1 heterocycles. The first kappa shape index (κ1) is 12.4. The average molecular weight is 234 g/mol. The lowest BCUT2D eigenvalue weighted by molar-refractivity contribution is 0.0372. The number of hydrogen-bond acceptors (Lipinski definition) is 3. The number of ether oxygens (including phenoxy) is 1. The molecule has 0 amide bonds. The molecule has 1 aliphatic heterocycles. The van der Waals surface area contributed by atoms with Gasteiger partial charge in [0.05, 0.1) is 12.7 Å². The van der Waals surface area contributed by atoms with Crippen LogP contribution in [0.15, 0.2) is 24.3 Å². The maximum absolute atomic E-state index is 5.64. The highest BCUT2D eigenvalue weighted by Crippen LogP contribution is 2.11. The standard InChI is InChI=1S/C14H22N2O/c1-2-3-12-4-6-13(7-5-12)16-11-14-10-15-8-9-17-14/h4-7,14-16H,2-3,8-11H2,1H3. The van der Waals surface area contributed by atoms with Crippen molar-refractivity contribution in [3.05, 3.63) is 29.8 Å². The van der Waals surface area contributed by atoms with Crippen LogP contribution in [0.5, 0.6) is 0 Å². The summed E-state index contributed by atoms with van der Waals surface area (Å²) in [6.07, 6.45) is 2.66. The molecular weight excluding hydrogens is 212 g/mol. The monoisotopic (exact) mass is 234 g/mol. The summed E-state index contributed by atoms with van der Waals surface area (Å²) in [5.74, 6) is 0. The number of anilines is 1. The van der Waals surface area contributed by atoms with Gasteiger partial charge in [-0.1, -0.05) is 25.5 Å². The van der Waals surface area contributed by atoms with Crippen molar-refractivity contribution in [1.82, 2.24) is 5.32 Å². The molecule has 0 bridgehead atoms. The van der Waals surface area contributed by atoms with Crippen molar-refractivity contribution in [2.24, 2.45) is 0 Å². The largest absolute Gasteiger partial charge is 0.382 e. The van der Waals surface area contributed by atoms with Crippen molar-refractivity contribution in [2.45, 2.75) is 25.9 Å². The molecule has 17 heavy (non-hydrogen) atoms. The van der Waals surface area contributed by atoms with E-state index in [4.69, 9.17) is 4.74 Å². The first-order valence-electron chi connectivity index (χ1n) is 6.53. The highest BCUT2D eigenvalue weighted by Gasteiger charge is 2.12. The molecule has 1 aromatic rings. The molecule has 0 radical (unpaired) electrons. The number of benzene rings is 1. The van der Waals surface area contributed by atoms with Crippen LogP contribution in [0.4, 0.5) is 5.69 Å². The zero-order chi connectivity index (χ0) is 11.9. The fourth-order valence-corrected chi connectivity index (χ4v) is 2.06. The van der Waals surface area contributed by atoms with E-state index < -0.39 is 0 Å². The molecule has 0 aromatic heterocycles. The minimum atomic E-state index is 0.291. The van der Waals surface area contributed by atoms with Gasteiger partial charge in [-0.05, 0) is 24.1 Å². The van der Waals surface area contributed by atoms with Crippen LogP contribution in [-0.4, -0.2) is 32.3 Å². The maximum Gasteiger partial charge on any atom is 0.0872 e. The van der Waals surface area contributed by atoms with Crippen molar-refractivity contribution < 1.29 is 4.74 Å². The Hall–Kier alpha value is -1.06. The van der Waals surface area contributed by atoms with E-state index in [1.54, 1.807) is 0 Å². The molecule has 0 spiro atoms. The van der Waals surface area contributed by atoms with Crippen LogP contribution in [0.25, 0.3) is 0 Å². The van der Waals surface area contributed by atoms with Crippen molar-refractivity contribution in [2.75, 3.05) is 31.6 Å². The molecule has 1 aliphatic rings. The van der Waals surface area contributed by atoms with Gasteiger partial charge in [0, 0.05) is 25.3 Å². The van der Waals surface area contributed by atoms with E-state index in [0.717, 1.165) is 32.7 Å². The summed E-state index contributed by atoms with van der Waals surface area (Å²) < 4.78 is 5.64. The van der Waals surface area contributed by atoms with Gasteiger partial charge in [0.2, 0.25) is 0 Å². The maximum atomic E-state index is 5.64. The van der Waals surface area contributed by atoms with E-state index in [9.17, 15) is 0 Å². The van der Waals surface area contributed by atoms with E-state index in [2.05, 4.69) is 41.8 Å². The van der Waals surface area contributed by atoms with E-state index in [-0.39, 0.29) is 0 Å². The van der Waals surface area contributed by atoms with Gasteiger partial charge in [0.25, 0.3) is 0 Å². The highest BCUT2D eigenvalue weighted by molar-refractivity contribution is 5.44. The van der Waals surface area contributed by atoms with Crippen molar-refractivity contribution in [3.8, 4) is 0 Å². The van der Waals surface area contributed by atoms with E-state index >= 15 is 0 Å². The second kappa shape index (κ2) is 6.62.